The molecule has 13 heavy (non-hydrogen) atoms. The van der Waals surface area contributed by atoms with Crippen LogP contribution in [0, 0.1) is 0 Å². The van der Waals surface area contributed by atoms with Crippen molar-refractivity contribution in [1.82, 2.24) is 10.3 Å². The van der Waals surface area contributed by atoms with Crippen molar-refractivity contribution in [3.63, 3.8) is 0 Å². The van der Waals surface area contributed by atoms with Crippen molar-refractivity contribution in [2.45, 2.75) is 19.4 Å². The molecule has 0 aliphatic heterocycles. The van der Waals surface area contributed by atoms with Crippen molar-refractivity contribution >= 4 is 17.2 Å². The fourth-order valence-electron chi connectivity index (χ4n) is 0.828. The smallest absolute Gasteiger partial charge is 0.262 e. The molecule has 3 N–H and O–H groups in total. The number of rotatable bonds is 4. The van der Waals surface area contributed by atoms with Crippen LogP contribution in [0.5, 0.6) is 0 Å². The molecule has 1 amide bonds. The Kier molecular flexibility index (Phi) is 3.85. The molecular weight excluding hydrogens is 186 g/mol. The summed E-state index contributed by atoms with van der Waals surface area (Å²) >= 11 is 1.34. The van der Waals surface area contributed by atoms with Gasteiger partial charge in [0.15, 0.2) is 0 Å². The fraction of sp³-hybridized carbons (Fsp3) is 0.500. The second-order valence-corrected chi connectivity index (χ2v) is 3.77. The maximum atomic E-state index is 11.3. The van der Waals surface area contributed by atoms with Crippen LogP contribution in [0.25, 0.3) is 0 Å². The van der Waals surface area contributed by atoms with Gasteiger partial charge in [-0.15, -0.1) is 11.3 Å². The Morgan fingerprint density at radius 2 is 2.62 bits per heavy atom. The van der Waals surface area contributed by atoms with Crippen LogP contribution in [-0.2, 0) is 0 Å². The second-order valence-electron chi connectivity index (χ2n) is 2.89. The van der Waals surface area contributed by atoms with Crippen molar-refractivity contribution in [3.05, 3.63) is 16.6 Å². The molecule has 0 radical (unpaired) electrons. The van der Waals surface area contributed by atoms with E-state index in [1.807, 2.05) is 6.92 Å². The lowest BCUT2D eigenvalue weighted by atomic mass is 10.2. The molecular formula is C8H13N3OS. The SMILES string of the molecule is CC(N)CCNC(=O)c1cncs1. The van der Waals surface area contributed by atoms with E-state index in [0.717, 1.165) is 6.42 Å². The average molecular weight is 199 g/mol. The van der Waals surface area contributed by atoms with Gasteiger partial charge in [0.05, 0.1) is 11.7 Å². The van der Waals surface area contributed by atoms with Gasteiger partial charge in [-0.3, -0.25) is 9.78 Å². The molecule has 1 heterocycles. The number of hydrogen-bond acceptors (Lipinski definition) is 4. The van der Waals surface area contributed by atoms with E-state index < -0.39 is 0 Å². The van der Waals surface area contributed by atoms with Crippen LogP contribution in [0.15, 0.2) is 11.7 Å². The highest BCUT2D eigenvalue weighted by molar-refractivity contribution is 7.11. The largest absolute Gasteiger partial charge is 0.351 e. The van der Waals surface area contributed by atoms with Gasteiger partial charge < -0.3 is 11.1 Å². The summed E-state index contributed by atoms with van der Waals surface area (Å²) in [7, 11) is 0. The van der Waals surface area contributed by atoms with Crippen LogP contribution in [0.4, 0.5) is 0 Å². The molecule has 5 heteroatoms. The van der Waals surface area contributed by atoms with E-state index in [9.17, 15) is 4.79 Å². The topological polar surface area (TPSA) is 68.0 Å². The monoisotopic (exact) mass is 199 g/mol. The van der Waals surface area contributed by atoms with Crippen molar-refractivity contribution in [2.75, 3.05) is 6.54 Å². The standard InChI is InChI=1S/C8H13N3OS/c1-6(9)2-3-11-8(12)7-4-10-5-13-7/h4-6H,2-3,9H2,1H3,(H,11,12). The molecule has 0 aromatic carbocycles. The van der Waals surface area contributed by atoms with E-state index in [-0.39, 0.29) is 11.9 Å². The second kappa shape index (κ2) is 4.94. The number of nitrogens with zero attached hydrogens (tertiary/aromatic N) is 1. The normalized spacial score (nSPS) is 12.5. The summed E-state index contributed by atoms with van der Waals surface area (Å²) in [4.78, 5) is 15.8. The molecule has 0 aliphatic carbocycles. The molecule has 1 unspecified atom stereocenters. The van der Waals surface area contributed by atoms with Crippen LogP contribution in [-0.4, -0.2) is 23.5 Å². The molecule has 1 aromatic heterocycles. The Bertz CT molecular complexity index is 258. The Morgan fingerprint density at radius 3 is 3.15 bits per heavy atom. The molecule has 0 saturated carbocycles. The molecule has 0 fully saturated rings. The van der Waals surface area contributed by atoms with E-state index in [0.29, 0.717) is 11.4 Å². The fourth-order valence-corrected chi connectivity index (χ4v) is 1.36. The molecule has 4 nitrogen and oxygen atoms in total. The molecule has 1 atom stereocenters. The average Bonchev–Trinajstić information content (AvgIpc) is 2.55. The molecule has 0 aliphatic rings. The van der Waals surface area contributed by atoms with Crippen LogP contribution < -0.4 is 11.1 Å². The summed E-state index contributed by atoms with van der Waals surface area (Å²) in [6.45, 7) is 2.53. The van der Waals surface area contributed by atoms with Crippen LogP contribution in [0.3, 0.4) is 0 Å². The van der Waals surface area contributed by atoms with Crippen molar-refractivity contribution in [3.8, 4) is 0 Å². The molecule has 0 spiro atoms. The summed E-state index contributed by atoms with van der Waals surface area (Å²) in [5.41, 5.74) is 7.18. The quantitative estimate of drug-likeness (QED) is 0.746. The number of thiazole rings is 1. The van der Waals surface area contributed by atoms with Crippen LogP contribution in [0.1, 0.15) is 23.0 Å². The van der Waals surface area contributed by atoms with Crippen LogP contribution in [0.2, 0.25) is 0 Å². The molecule has 1 rings (SSSR count). The Hall–Kier alpha value is -0.940. The summed E-state index contributed by atoms with van der Waals surface area (Å²) in [6, 6.07) is 0.127. The predicted octanol–water partition coefficient (Wildman–Crippen LogP) is 0.610. The lowest BCUT2D eigenvalue weighted by molar-refractivity contribution is 0.0956. The highest BCUT2D eigenvalue weighted by Crippen LogP contribution is 2.04. The van der Waals surface area contributed by atoms with Gasteiger partial charge in [-0.1, -0.05) is 0 Å². The maximum Gasteiger partial charge on any atom is 0.262 e. The summed E-state index contributed by atoms with van der Waals surface area (Å²) in [5, 5.41) is 2.77. The third-order valence-electron chi connectivity index (χ3n) is 1.54. The molecule has 72 valence electrons. The van der Waals surface area contributed by atoms with Crippen molar-refractivity contribution in [1.29, 1.82) is 0 Å². The van der Waals surface area contributed by atoms with E-state index in [2.05, 4.69) is 10.3 Å². The Balaban J connectivity index is 2.27. The van der Waals surface area contributed by atoms with E-state index in [4.69, 9.17) is 5.73 Å². The lowest BCUT2D eigenvalue weighted by Gasteiger charge is -2.05. The summed E-state index contributed by atoms with van der Waals surface area (Å²) in [6.07, 6.45) is 2.36. The van der Waals surface area contributed by atoms with Gasteiger partial charge in [0.25, 0.3) is 5.91 Å². The van der Waals surface area contributed by atoms with Crippen molar-refractivity contribution in [2.24, 2.45) is 5.73 Å². The number of nitrogens with one attached hydrogen (secondary N) is 1. The highest BCUT2D eigenvalue weighted by Gasteiger charge is 2.05. The van der Waals surface area contributed by atoms with Crippen molar-refractivity contribution < 1.29 is 4.79 Å². The molecule has 0 saturated heterocycles. The van der Waals surface area contributed by atoms with Gasteiger partial charge in [-0.2, -0.15) is 0 Å². The van der Waals surface area contributed by atoms with Gasteiger partial charge in [-0.05, 0) is 13.3 Å². The van der Waals surface area contributed by atoms with Crippen LogP contribution >= 0.6 is 11.3 Å². The first kappa shape index (κ1) is 10.1. The van der Waals surface area contributed by atoms with E-state index in [1.165, 1.54) is 11.3 Å². The Morgan fingerprint density at radius 1 is 1.85 bits per heavy atom. The maximum absolute atomic E-state index is 11.3. The zero-order chi connectivity index (χ0) is 9.68. The van der Waals surface area contributed by atoms with Gasteiger partial charge in [-0.25, -0.2) is 0 Å². The third kappa shape index (κ3) is 3.52. The number of nitrogens with two attached hydrogens (primary N) is 1. The van der Waals surface area contributed by atoms with Gasteiger partial charge in [0.1, 0.15) is 4.88 Å². The number of carbonyl (C=O) groups excluding carboxylic acids is 1. The first-order valence-corrected chi connectivity index (χ1v) is 5.00. The van der Waals surface area contributed by atoms with Gasteiger partial charge in [0, 0.05) is 12.6 Å². The minimum atomic E-state index is -0.0665. The molecule has 1 aromatic rings. The summed E-state index contributed by atoms with van der Waals surface area (Å²) < 4.78 is 0. The molecule has 0 bridgehead atoms. The zero-order valence-corrected chi connectivity index (χ0v) is 8.30. The minimum Gasteiger partial charge on any atom is -0.351 e. The number of amides is 1. The first-order valence-electron chi connectivity index (χ1n) is 4.12. The third-order valence-corrected chi connectivity index (χ3v) is 2.31. The Labute approximate surface area is 81.2 Å². The predicted molar refractivity (Wildman–Crippen MR) is 52.7 cm³/mol. The van der Waals surface area contributed by atoms with E-state index in [1.54, 1.807) is 11.7 Å². The zero-order valence-electron chi connectivity index (χ0n) is 7.49. The van der Waals surface area contributed by atoms with Gasteiger partial charge >= 0.3 is 0 Å². The number of aromatic nitrogens is 1. The highest BCUT2D eigenvalue weighted by atomic mass is 32.1. The summed E-state index contributed by atoms with van der Waals surface area (Å²) in [5.74, 6) is -0.0665. The van der Waals surface area contributed by atoms with E-state index >= 15 is 0 Å². The first-order chi connectivity index (χ1) is 6.20. The minimum absolute atomic E-state index is 0.0665. The number of carbonyl (C=O) groups is 1. The number of hydrogen-bond donors (Lipinski definition) is 2. The lowest BCUT2D eigenvalue weighted by Crippen LogP contribution is -2.28. The van der Waals surface area contributed by atoms with Gasteiger partial charge in [0.2, 0.25) is 0 Å².